The molecule has 1 aromatic heterocycles. The lowest BCUT2D eigenvalue weighted by Crippen LogP contribution is -2.13. The summed E-state index contributed by atoms with van der Waals surface area (Å²) in [5.74, 6) is 1.12. The van der Waals surface area contributed by atoms with E-state index in [2.05, 4.69) is 34.6 Å². The van der Waals surface area contributed by atoms with Crippen molar-refractivity contribution in [1.82, 2.24) is 20.2 Å². The third-order valence-corrected chi connectivity index (χ3v) is 2.66. The van der Waals surface area contributed by atoms with Crippen LogP contribution < -0.4 is 10.1 Å². The molecule has 2 aromatic rings. The molecule has 0 radical (unpaired) electrons. The Morgan fingerprint density at radius 3 is 2.62 bits per heavy atom. The smallest absolute Gasteiger partial charge is 0.270 e. The van der Waals surface area contributed by atoms with Gasteiger partial charge in [0.15, 0.2) is 0 Å². The Balaban J connectivity index is 1.96. The predicted molar refractivity (Wildman–Crippen MR) is 78.2 cm³/mol. The van der Waals surface area contributed by atoms with E-state index in [-0.39, 0.29) is 11.9 Å². The zero-order valence-corrected chi connectivity index (χ0v) is 12.4. The zero-order valence-electron chi connectivity index (χ0n) is 12.4. The third kappa shape index (κ3) is 4.27. The summed E-state index contributed by atoms with van der Waals surface area (Å²) in [7, 11) is 0. The fraction of sp³-hybridized carbons (Fsp3) is 0.429. The number of hydrogen-bond donors (Lipinski definition) is 1. The summed E-state index contributed by atoms with van der Waals surface area (Å²) < 4.78 is 5.57. The summed E-state index contributed by atoms with van der Waals surface area (Å²) in [5, 5.41) is 14.1. The Kier molecular flexibility index (Phi) is 4.86. The van der Waals surface area contributed by atoms with E-state index < -0.39 is 0 Å². The maximum Gasteiger partial charge on any atom is 0.270 e. The molecule has 0 unspecified atom stereocenters. The first-order valence-electron chi connectivity index (χ1n) is 6.90. The molecule has 7 heteroatoms. The van der Waals surface area contributed by atoms with Gasteiger partial charge in [-0.05, 0) is 42.3 Å². The number of carbonyl (C=O) groups is 1. The number of hydrogen-bond acceptors (Lipinski definition) is 5. The fourth-order valence-corrected chi connectivity index (χ4v) is 1.57. The molecule has 0 atom stereocenters. The minimum absolute atomic E-state index is 0.196. The van der Waals surface area contributed by atoms with Crippen molar-refractivity contribution in [2.75, 3.05) is 11.9 Å². The summed E-state index contributed by atoms with van der Waals surface area (Å²) in [6.45, 7) is 7.31. The largest absolute Gasteiger partial charge is 0.493 e. The van der Waals surface area contributed by atoms with Crippen molar-refractivity contribution in [3.63, 3.8) is 0 Å². The van der Waals surface area contributed by atoms with Crippen LogP contribution in [0.25, 0.3) is 0 Å². The molecule has 0 saturated carbocycles. The molecule has 0 aliphatic heterocycles. The average molecular weight is 289 g/mol. The molecule has 0 spiro atoms. The molecule has 21 heavy (non-hydrogen) atoms. The van der Waals surface area contributed by atoms with E-state index in [1.807, 2.05) is 6.92 Å². The molecule has 0 saturated heterocycles. The number of aromatic nitrogens is 4. The minimum atomic E-state index is -0.277. The van der Waals surface area contributed by atoms with Gasteiger partial charge < -0.3 is 4.74 Å². The van der Waals surface area contributed by atoms with Crippen LogP contribution in [0.1, 0.15) is 31.1 Å². The van der Waals surface area contributed by atoms with Crippen LogP contribution >= 0.6 is 0 Å². The number of ether oxygens (including phenoxy) is 1. The number of nitrogens with zero attached hydrogens (tertiary/aromatic N) is 4. The normalized spacial score (nSPS) is 10.7. The number of carbonyl (C=O) groups excluding carboxylic acids is 1. The first kappa shape index (κ1) is 15.0. The number of benzene rings is 1. The van der Waals surface area contributed by atoms with Gasteiger partial charge in [-0.1, -0.05) is 18.9 Å². The average Bonchev–Trinajstić information content (AvgIpc) is 2.93. The van der Waals surface area contributed by atoms with Crippen LogP contribution in [0.5, 0.6) is 5.75 Å². The first-order chi connectivity index (χ1) is 10.1. The van der Waals surface area contributed by atoms with Crippen LogP contribution in [0.4, 0.5) is 5.95 Å². The number of nitrogens with one attached hydrogen (secondary N) is 1. The fourth-order valence-electron chi connectivity index (χ4n) is 1.57. The van der Waals surface area contributed by atoms with E-state index in [1.165, 1.54) is 4.80 Å². The highest BCUT2D eigenvalue weighted by molar-refractivity contribution is 6.03. The molecule has 112 valence electrons. The van der Waals surface area contributed by atoms with Crippen molar-refractivity contribution in [1.29, 1.82) is 0 Å². The minimum Gasteiger partial charge on any atom is -0.493 e. The van der Waals surface area contributed by atoms with Gasteiger partial charge in [0.05, 0.1) is 13.2 Å². The van der Waals surface area contributed by atoms with E-state index in [1.54, 1.807) is 24.3 Å². The Morgan fingerprint density at radius 2 is 2.05 bits per heavy atom. The lowest BCUT2D eigenvalue weighted by molar-refractivity contribution is 0.102. The third-order valence-electron chi connectivity index (χ3n) is 2.66. The molecule has 1 N–H and O–H groups in total. The molecule has 2 rings (SSSR count). The number of tetrazole rings is 1. The second-order valence-electron chi connectivity index (χ2n) is 4.98. The van der Waals surface area contributed by atoms with Crippen LogP contribution in [0.3, 0.4) is 0 Å². The topological polar surface area (TPSA) is 81.9 Å². The van der Waals surface area contributed by atoms with E-state index >= 15 is 0 Å². The van der Waals surface area contributed by atoms with Crippen LogP contribution in [-0.2, 0) is 6.54 Å². The number of amides is 1. The highest BCUT2D eigenvalue weighted by Crippen LogP contribution is 2.14. The van der Waals surface area contributed by atoms with Crippen LogP contribution in [0, 0.1) is 5.92 Å². The van der Waals surface area contributed by atoms with Crippen molar-refractivity contribution in [3.8, 4) is 5.75 Å². The first-order valence-corrected chi connectivity index (χ1v) is 6.90. The number of anilines is 1. The summed E-state index contributed by atoms with van der Waals surface area (Å²) in [4.78, 5) is 13.4. The molecule has 1 heterocycles. The van der Waals surface area contributed by atoms with Gasteiger partial charge in [-0.3, -0.25) is 10.1 Å². The van der Waals surface area contributed by atoms with E-state index in [9.17, 15) is 4.79 Å². The molecule has 1 amide bonds. The van der Waals surface area contributed by atoms with Gasteiger partial charge in [-0.25, -0.2) is 0 Å². The van der Waals surface area contributed by atoms with Gasteiger partial charge in [0, 0.05) is 5.56 Å². The second kappa shape index (κ2) is 6.83. The Bertz CT molecular complexity index is 592. The lowest BCUT2D eigenvalue weighted by Gasteiger charge is -2.08. The Labute approximate surface area is 123 Å². The van der Waals surface area contributed by atoms with Gasteiger partial charge in [0.25, 0.3) is 11.9 Å². The highest BCUT2D eigenvalue weighted by Gasteiger charge is 2.10. The number of aryl methyl sites for hydroxylation is 1. The standard InChI is InChI=1S/C14H19N5O2/c1-4-19-17-14(16-18-19)15-13(20)11-5-7-12(8-6-11)21-9-10(2)3/h5-8,10H,4,9H2,1-3H3,(H,15,17,20). The van der Waals surface area contributed by atoms with Gasteiger partial charge in [0.1, 0.15) is 5.75 Å². The van der Waals surface area contributed by atoms with E-state index in [4.69, 9.17) is 4.74 Å². The molecule has 0 fully saturated rings. The monoisotopic (exact) mass is 289 g/mol. The molecule has 7 nitrogen and oxygen atoms in total. The summed E-state index contributed by atoms with van der Waals surface area (Å²) in [5.41, 5.74) is 0.514. The van der Waals surface area contributed by atoms with Gasteiger partial charge in [0.2, 0.25) is 0 Å². The second-order valence-corrected chi connectivity index (χ2v) is 4.98. The van der Waals surface area contributed by atoms with Crippen molar-refractivity contribution in [2.45, 2.75) is 27.3 Å². The molecular weight excluding hydrogens is 270 g/mol. The maximum absolute atomic E-state index is 12.0. The SMILES string of the molecule is CCn1nnc(NC(=O)c2ccc(OCC(C)C)cc2)n1. The van der Waals surface area contributed by atoms with Gasteiger partial charge in [-0.15, -0.1) is 5.10 Å². The predicted octanol–water partition coefficient (Wildman–Crippen LogP) is 1.98. The highest BCUT2D eigenvalue weighted by atomic mass is 16.5. The van der Waals surface area contributed by atoms with Crippen molar-refractivity contribution < 1.29 is 9.53 Å². The summed E-state index contributed by atoms with van der Waals surface area (Å²) in [6, 6.07) is 6.95. The van der Waals surface area contributed by atoms with E-state index in [0.717, 1.165) is 5.75 Å². The zero-order chi connectivity index (χ0) is 15.2. The van der Waals surface area contributed by atoms with Crippen LogP contribution in [-0.4, -0.2) is 32.7 Å². The molecule has 0 aliphatic carbocycles. The molecular formula is C14H19N5O2. The summed E-state index contributed by atoms with van der Waals surface area (Å²) in [6.07, 6.45) is 0. The van der Waals surface area contributed by atoms with Gasteiger partial charge in [-0.2, -0.15) is 4.80 Å². The molecule has 0 bridgehead atoms. The van der Waals surface area contributed by atoms with Crippen molar-refractivity contribution in [3.05, 3.63) is 29.8 Å². The molecule has 1 aromatic carbocycles. The quantitative estimate of drug-likeness (QED) is 0.879. The van der Waals surface area contributed by atoms with Gasteiger partial charge >= 0.3 is 0 Å². The van der Waals surface area contributed by atoms with Crippen LogP contribution in [0.2, 0.25) is 0 Å². The lowest BCUT2D eigenvalue weighted by atomic mass is 10.2. The molecule has 0 aliphatic rings. The maximum atomic E-state index is 12.0. The van der Waals surface area contributed by atoms with Crippen molar-refractivity contribution in [2.24, 2.45) is 5.92 Å². The Hall–Kier alpha value is -2.44. The van der Waals surface area contributed by atoms with Crippen LogP contribution in [0.15, 0.2) is 24.3 Å². The Morgan fingerprint density at radius 1 is 1.33 bits per heavy atom. The van der Waals surface area contributed by atoms with E-state index in [0.29, 0.717) is 24.6 Å². The summed E-state index contributed by atoms with van der Waals surface area (Å²) >= 11 is 0. The number of rotatable bonds is 6. The van der Waals surface area contributed by atoms with Crippen molar-refractivity contribution >= 4 is 11.9 Å².